The molecule has 0 fully saturated rings. The number of amides is 2. The zero-order chi connectivity index (χ0) is 36.4. The van der Waals surface area contributed by atoms with Gasteiger partial charge in [-0.15, -0.1) is 0 Å². The van der Waals surface area contributed by atoms with E-state index in [1.807, 2.05) is 96.9 Å². The summed E-state index contributed by atoms with van der Waals surface area (Å²) < 4.78 is 45.7. The fourth-order valence-corrected chi connectivity index (χ4v) is 5.87. The first-order valence-corrected chi connectivity index (χ1v) is 17.1. The maximum absolute atomic E-state index is 14.4. The number of hydrogen-bond donors (Lipinski definition) is 0. The van der Waals surface area contributed by atoms with Gasteiger partial charge in [0, 0.05) is 50.9 Å². The van der Waals surface area contributed by atoms with Crippen LogP contribution in [0, 0.1) is 0 Å². The second kappa shape index (κ2) is 17.3. The van der Waals surface area contributed by atoms with E-state index in [1.165, 1.54) is 29.2 Å². The number of aromatic nitrogens is 1. The molecule has 264 valence electrons. The van der Waals surface area contributed by atoms with Gasteiger partial charge in [-0.3, -0.25) is 19.5 Å². The van der Waals surface area contributed by atoms with Crippen molar-refractivity contribution in [2.45, 2.75) is 31.7 Å². The van der Waals surface area contributed by atoms with E-state index in [4.69, 9.17) is 4.42 Å². The molecule has 0 spiro atoms. The predicted molar refractivity (Wildman–Crippen MR) is 195 cm³/mol. The molecule has 5 rings (SSSR count). The minimum atomic E-state index is -4.47. The van der Waals surface area contributed by atoms with Gasteiger partial charge in [0.2, 0.25) is 11.8 Å². The number of carbonyl (C=O) groups excluding carboxylic acids is 2. The summed E-state index contributed by atoms with van der Waals surface area (Å²) >= 11 is 3.32. The third-order valence-corrected chi connectivity index (χ3v) is 8.81. The molecule has 0 aliphatic carbocycles. The molecule has 2 heterocycles. The average Bonchev–Trinajstić information content (AvgIpc) is 3.55. The topological polar surface area (TPSA) is 69.9 Å². The Morgan fingerprint density at radius 1 is 0.824 bits per heavy atom. The lowest BCUT2D eigenvalue weighted by Gasteiger charge is -2.34. The van der Waals surface area contributed by atoms with Gasteiger partial charge < -0.3 is 14.2 Å². The highest BCUT2D eigenvalue weighted by Gasteiger charge is 2.32. The van der Waals surface area contributed by atoms with Gasteiger partial charge >= 0.3 is 6.18 Å². The molecule has 11 heteroatoms. The molecule has 0 bridgehead atoms. The van der Waals surface area contributed by atoms with Crippen molar-refractivity contribution in [1.82, 2.24) is 19.7 Å². The number of hydrogen-bond acceptors (Lipinski definition) is 5. The number of carbonyl (C=O) groups is 2. The highest BCUT2D eigenvalue weighted by atomic mass is 79.9. The van der Waals surface area contributed by atoms with Crippen LogP contribution in [-0.2, 0) is 35.3 Å². The van der Waals surface area contributed by atoms with E-state index in [1.54, 1.807) is 18.1 Å². The summed E-state index contributed by atoms with van der Waals surface area (Å²) in [7, 11) is 3.66. The number of nitrogens with zero attached hydrogens (tertiary/aromatic N) is 4. The van der Waals surface area contributed by atoms with Crippen molar-refractivity contribution < 1.29 is 27.2 Å². The van der Waals surface area contributed by atoms with Crippen LogP contribution in [0.2, 0.25) is 0 Å². The van der Waals surface area contributed by atoms with Gasteiger partial charge in [0.1, 0.15) is 11.8 Å². The van der Waals surface area contributed by atoms with Gasteiger partial charge in [0.05, 0.1) is 17.8 Å². The van der Waals surface area contributed by atoms with Gasteiger partial charge in [-0.25, -0.2) is 0 Å². The van der Waals surface area contributed by atoms with Crippen LogP contribution in [0.5, 0.6) is 0 Å². The number of furan rings is 1. The Hall–Kier alpha value is -5.00. The van der Waals surface area contributed by atoms with Crippen molar-refractivity contribution in [2.75, 3.05) is 27.2 Å². The van der Waals surface area contributed by atoms with Gasteiger partial charge in [0.15, 0.2) is 4.67 Å². The monoisotopic (exact) mass is 758 g/mol. The van der Waals surface area contributed by atoms with Crippen LogP contribution in [0.1, 0.15) is 28.0 Å². The number of pyridine rings is 1. The van der Waals surface area contributed by atoms with E-state index in [9.17, 15) is 22.8 Å². The molecule has 0 saturated heterocycles. The Balaban J connectivity index is 1.42. The second-order valence-corrected chi connectivity index (χ2v) is 13.0. The lowest BCUT2D eigenvalue weighted by atomic mass is 10.0. The molecule has 0 unspecified atom stereocenters. The van der Waals surface area contributed by atoms with Gasteiger partial charge in [-0.1, -0.05) is 72.8 Å². The number of rotatable bonds is 14. The quantitative estimate of drug-likeness (QED) is 0.107. The highest BCUT2D eigenvalue weighted by molar-refractivity contribution is 9.10. The molecule has 0 aliphatic rings. The number of likely N-dealkylation sites (N-methyl/N-ethyl adjacent to an activating group) is 2. The van der Waals surface area contributed by atoms with Gasteiger partial charge in [-0.2, -0.15) is 13.2 Å². The molecule has 2 aromatic heterocycles. The Labute approximate surface area is 304 Å². The van der Waals surface area contributed by atoms with Crippen LogP contribution >= 0.6 is 15.9 Å². The van der Waals surface area contributed by atoms with Crippen molar-refractivity contribution in [3.63, 3.8) is 0 Å². The lowest BCUT2D eigenvalue weighted by molar-refractivity contribution is -0.143. The molecular weight excluding hydrogens is 721 g/mol. The molecule has 0 radical (unpaired) electrons. The minimum absolute atomic E-state index is 0.114. The maximum Gasteiger partial charge on any atom is 0.416 e. The van der Waals surface area contributed by atoms with E-state index >= 15 is 0 Å². The fourth-order valence-electron chi connectivity index (χ4n) is 5.53. The second-order valence-electron chi connectivity index (χ2n) is 12.2. The summed E-state index contributed by atoms with van der Waals surface area (Å²) in [5, 5.41) is 0. The molecule has 2 amide bonds. The molecule has 5 aromatic rings. The van der Waals surface area contributed by atoms with Crippen LogP contribution < -0.4 is 0 Å². The van der Waals surface area contributed by atoms with Gasteiger partial charge in [0.25, 0.3) is 0 Å². The number of alkyl halides is 3. The van der Waals surface area contributed by atoms with Crippen molar-refractivity contribution in [3.8, 4) is 11.3 Å². The largest absolute Gasteiger partial charge is 0.453 e. The standard InChI is InChI=1S/C40H38BrF3N4O3/c1-46(28-34-20-21-37(41)51-34)24-25-47(2)39(50)36(26-30-8-4-3-5-9-30)48(27-31-11-16-32(17-12-31)35-10-6-7-23-45-35)38(49)22-15-29-13-18-33(19-14-29)40(42,43)44/h3-23,36H,24-28H2,1-2H3/t36-/m0/s1. The summed E-state index contributed by atoms with van der Waals surface area (Å²) in [4.78, 5) is 38.1. The number of halogens is 4. The summed E-state index contributed by atoms with van der Waals surface area (Å²) in [6, 6.07) is 30.2. The zero-order valence-corrected chi connectivity index (χ0v) is 29.8. The van der Waals surface area contributed by atoms with Crippen molar-refractivity contribution in [3.05, 3.63) is 154 Å². The van der Waals surface area contributed by atoms with Crippen LogP contribution in [-0.4, -0.2) is 64.7 Å². The number of benzene rings is 3. The first-order valence-electron chi connectivity index (χ1n) is 16.3. The first kappa shape index (κ1) is 37.3. The Kier molecular flexibility index (Phi) is 12.6. The predicted octanol–water partition coefficient (Wildman–Crippen LogP) is 8.37. The normalized spacial score (nSPS) is 12.3. The lowest BCUT2D eigenvalue weighted by Crippen LogP contribution is -2.51. The molecule has 0 aliphatic heterocycles. The zero-order valence-electron chi connectivity index (χ0n) is 28.3. The summed E-state index contributed by atoms with van der Waals surface area (Å²) in [5.74, 6) is 0.0901. The average molecular weight is 760 g/mol. The van der Waals surface area contributed by atoms with E-state index in [0.29, 0.717) is 29.9 Å². The van der Waals surface area contributed by atoms with Crippen LogP contribution in [0.4, 0.5) is 13.2 Å². The molecule has 0 N–H and O–H groups in total. The maximum atomic E-state index is 14.4. The van der Waals surface area contributed by atoms with E-state index in [0.717, 1.165) is 40.3 Å². The molecule has 3 aromatic carbocycles. The fraction of sp³-hybridized carbons (Fsp3) is 0.225. The third-order valence-electron chi connectivity index (χ3n) is 8.39. The third kappa shape index (κ3) is 10.7. The minimum Gasteiger partial charge on any atom is -0.453 e. The van der Waals surface area contributed by atoms with E-state index in [-0.39, 0.29) is 18.9 Å². The smallest absolute Gasteiger partial charge is 0.416 e. The molecule has 7 nitrogen and oxygen atoms in total. The summed E-state index contributed by atoms with van der Waals surface area (Å²) in [6.45, 7) is 1.61. The van der Waals surface area contributed by atoms with E-state index in [2.05, 4.69) is 20.9 Å². The van der Waals surface area contributed by atoms with Crippen molar-refractivity contribution in [2.24, 2.45) is 0 Å². The molecule has 1 atom stereocenters. The van der Waals surface area contributed by atoms with Crippen LogP contribution in [0.25, 0.3) is 17.3 Å². The van der Waals surface area contributed by atoms with Crippen LogP contribution in [0.3, 0.4) is 0 Å². The van der Waals surface area contributed by atoms with Crippen LogP contribution in [0.15, 0.2) is 131 Å². The first-order chi connectivity index (χ1) is 24.5. The summed E-state index contributed by atoms with van der Waals surface area (Å²) in [6.07, 6.45) is 0.284. The SMILES string of the molecule is CN(CCN(C)C(=O)[C@H](Cc1ccccc1)N(Cc1ccc(-c2ccccn2)cc1)C(=O)C=Cc1ccc(C(F)(F)F)cc1)Cc1ccc(Br)o1. The Morgan fingerprint density at radius 3 is 2.16 bits per heavy atom. The van der Waals surface area contributed by atoms with Crippen molar-refractivity contribution >= 4 is 33.8 Å². The molecular formula is C40H38BrF3N4O3. The van der Waals surface area contributed by atoms with Gasteiger partial charge in [-0.05, 0) is 82.1 Å². The highest BCUT2D eigenvalue weighted by Crippen LogP contribution is 2.29. The molecule has 51 heavy (non-hydrogen) atoms. The van der Waals surface area contributed by atoms with Crippen molar-refractivity contribution in [1.29, 1.82) is 0 Å². The van der Waals surface area contributed by atoms with E-state index < -0.39 is 23.7 Å². The molecule has 0 saturated carbocycles. The summed E-state index contributed by atoms with van der Waals surface area (Å²) in [5.41, 5.74) is 3.03. The Bertz CT molecular complexity index is 1900. The Morgan fingerprint density at radius 2 is 1.53 bits per heavy atom.